The number of phosphoric acid groups is 1. The van der Waals surface area contributed by atoms with Crippen LogP contribution in [0.25, 0.3) is 0 Å². The van der Waals surface area contributed by atoms with Gasteiger partial charge in [-0.15, -0.1) is 0 Å². The Morgan fingerprint density at radius 2 is 1.91 bits per heavy atom. The van der Waals surface area contributed by atoms with Gasteiger partial charge in [0.1, 0.15) is 0 Å². The minimum atomic E-state index is -4.55. The molecule has 0 radical (unpaired) electrons. The van der Waals surface area contributed by atoms with Crippen molar-refractivity contribution in [2.75, 3.05) is 0 Å². The summed E-state index contributed by atoms with van der Waals surface area (Å²) in [5.74, 6) is 0. The second kappa shape index (κ2) is 10.2. The molecule has 0 saturated carbocycles. The third kappa shape index (κ3) is 8.58. The molecule has 23 heavy (non-hydrogen) atoms. The molecule has 5 nitrogen and oxygen atoms in total. The monoisotopic (exact) mass is 359 g/mol. The van der Waals surface area contributed by atoms with Crippen LogP contribution in [0.1, 0.15) is 57.6 Å². The van der Waals surface area contributed by atoms with Crippen LogP contribution in [0.3, 0.4) is 0 Å². The standard InChI is InChI=1S/C16H26NO4PS/c1-3-4-5-9-12-15(23)17-16(13(2)21-22(18,19)20)14-10-7-6-8-11-14/h6-8,10-11,13,16H,3-5,9,12H2,1-2H3,(H,17,23)(H2,18,19,20)/t13-,16-/m0/s1. The molecule has 0 saturated heterocycles. The van der Waals surface area contributed by atoms with Crippen molar-refractivity contribution in [3.63, 3.8) is 0 Å². The Hall–Kier alpha value is -0.780. The fraction of sp³-hybridized carbons (Fsp3) is 0.562. The van der Waals surface area contributed by atoms with Gasteiger partial charge < -0.3 is 15.1 Å². The molecule has 7 heteroatoms. The van der Waals surface area contributed by atoms with E-state index in [1.807, 2.05) is 30.3 Å². The number of phosphoric ester groups is 1. The topological polar surface area (TPSA) is 78.8 Å². The lowest BCUT2D eigenvalue weighted by Crippen LogP contribution is -2.35. The second-order valence-corrected chi connectivity index (χ2v) is 7.25. The Balaban J connectivity index is 2.72. The summed E-state index contributed by atoms with van der Waals surface area (Å²) in [4.78, 5) is 18.8. The molecule has 0 aromatic heterocycles. The van der Waals surface area contributed by atoms with Crippen LogP contribution in [-0.2, 0) is 9.09 Å². The van der Waals surface area contributed by atoms with Crippen LogP contribution in [-0.4, -0.2) is 20.9 Å². The number of benzene rings is 1. The summed E-state index contributed by atoms with van der Waals surface area (Å²) in [7, 11) is -4.55. The van der Waals surface area contributed by atoms with Crippen molar-refractivity contribution in [2.24, 2.45) is 0 Å². The van der Waals surface area contributed by atoms with Gasteiger partial charge in [0, 0.05) is 0 Å². The first-order chi connectivity index (χ1) is 10.8. The number of hydrogen-bond acceptors (Lipinski definition) is 3. The van der Waals surface area contributed by atoms with E-state index in [-0.39, 0.29) is 0 Å². The lowest BCUT2D eigenvalue weighted by Gasteiger charge is -2.27. The molecule has 0 aliphatic carbocycles. The predicted molar refractivity (Wildman–Crippen MR) is 96.3 cm³/mol. The summed E-state index contributed by atoms with van der Waals surface area (Å²) >= 11 is 5.38. The first kappa shape index (κ1) is 20.3. The Bertz CT molecular complexity index is 520. The van der Waals surface area contributed by atoms with E-state index < -0.39 is 20.0 Å². The van der Waals surface area contributed by atoms with Crippen molar-refractivity contribution in [1.29, 1.82) is 0 Å². The number of nitrogens with one attached hydrogen (secondary N) is 1. The molecule has 0 aliphatic rings. The van der Waals surface area contributed by atoms with Crippen molar-refractivity contribution < 1.29 is 18.9 Å². The fourth-order valence-corrected chi connectivity index (χ4v) is 3.19. The van der Waals surface area contributed by atoms with Crippen molar-refractivity contribution in [2.45, 2.75) is 58.1 Å². The van der Waals surface area contributed by atoms with Gasteiger partial charge in [-0.1, -0.05) is 68.7 Å². The van der Waals surface area contributed by atoms with Gasteiger partial charge in [-0.25, -0.2) is 4.57 Å². The second-order valence-electron chi connectivity index (χ2n) is 5.57. The van der Waals surface area contributed by atoms with E-state index in [1.165, 1.54) is 12.8 Å². The van der Waals surface area contributed by atoms with Gasteiger partial charge in [-0.3, -0.25) is 4.52 Å². The molecule has 0 heterocycles. The van der Waals surface area contributed by atoms with Gasteiger partial charge in [0.25, 0.3) is 0 Å². The first-order valence-electron chi connectivity index (χ1n) is 7.91. The first-order valence-corrected chi connectivity index (χ1v) is 9.85. The van der Waals surface area contributed by atoms with Crippen LogP contribution in [0.2, 0.25) is 0 Å². The highest BCUT2D eigenvalue weighted by Gasteiger charge is 2.27. The molecule has 0 unspecified atom stereocenters. The molecule has 1 aromatic rings. The quantitative estimate of drug-likeness (QED) is 0.331. The van der Waals surface area contributed by atoms with Gasteiger partial charge in [-0.05, 0) is 25.3 Å². The SMILES string of the molecule is CCCCCCC(=S)N[C@H](c1ccccc1)[C@H](C)OP(=O)(O)O. The summed E-state index contributed by atoms with van der Waals surface area (Å²) in [6, 6.07) is 9.01. The van der Waals surface area contributed by atoms with E-state index in [9.17, 15) is 4.57 Å². The molecule has 0 bridgehead atoms. The van der Waals surface area contributed by atoms with Gasteiger partial charge in [0.15, 0.2) is 0 Å². The van der Waals surface area contributed by atoms with Crippen molar-refractivity contribution in [1.82, 2.24) is 5.32 Å². The molecule has 0 fully saturated rings. The fourth-order valence-electron chi connectivity index (χ4n) is 2.37. The summed E-state index contributed by atoms with van der Waals surface area (Å²) < 4.78 is 16.0. The molecular formula is C16H26NO4PS. The van der Waals surface area contributed by atoms with Gasteiger partial charge in [0.05, 0.1) is 17.1 Å². The predicted octanol–water partition coefficient (Wildman–Crippen LogP) is 4.11. The Labute approximate surface area is 143 Å². The highest BCUT2D eigenvalue weighted by molar-refractivity contribution is 7.80. The molecular weight excluding hydrogens is 333 g/mol. The maximum atomic E-state index is 11.1. The zero-order chi connectivity index (χ0) is 17.3. The molecule has 0 aliphatic heterocycles. The number of rotatable bonds is 10. The maximum absolute atomic E-state index is 11.1. The van der Waals surface area contributed by atoms with Gasteiger partial charge in [-0.2, -0.15) is 0 Å². The van der Waals surface area contributed by atoms with Crippen molar-refractivity contribution in [3.8, 4) is 0 Å². The molecule has 0 amide bonds. The summed E-state index contributed by atoms with van der Waals surface area (Å²) in [5, 5.41) is 3.20. The van der Waals surface area contributed by atoms with Crippen LogP contribution < -0.4 is 5.32 Å². The third-order valence-electron chi connectivity index (χ3n) is 3.51. The minimum absolute atomic E-state index is 0.400. The highest BCUT2D eigenvalue weighted by Crippen LogP contribution is 2.40. The molecule has 2 atom stereocenters. The molecule has 1 aromatic carbocycles. The Kier molecular flexibility index (Phi) is 8.95. The average molecular weight is 359 g/mol. The summed E-state index contributed by atoms with van der Waals surface area (Å²) in [6.07, 6.45) is 4.54. The maximum Gasteiger partial charge on any atom is 0.469 e. The van der Waals surface area contributed by atoms with Gasteiger partial charge >= 0.3 is 7.82 Å². The van der Waals surface area contributed by atoms with Crippen LogP contribution in [0.4, 0.5) is 0 Å². The van der Waals surface area contributed by atoms with E-state index >= 15 is 0 Å². The Morgan fingerprint density at radius 1 is 1.26 bits per heavy atom. The zero-order valence-electron chi connectivity index (χ0n) is 13.6. The number of unbranched alkanes of at least 4 members (excludes halogenated alkanes) is 3. The van der Waals surface area contributed by atoms with Crippen LogP contribution in [0.15, 0.2) is 30.3 Å². The molecule has 1 rings (SSSR count). The van der Waals surface area contributed by atoms with E-state index in [2.05, 4.69) is 12.2 Å². The van der Waals surface area contributed by atoms with Gasteiger partial charge in [0.2, 0.25) is 0 Å². The summed E-state index contributed by atoms with van der Waals surface area (Å²) in [5.41, 5.74) is 0.879. The van der Waals surface area contributed by atoms with E-state index in [1.54, 1.807) is 6.92 Å². The molecule has 130 valence electrons. The van der Waals surface area contributed by atoms with E-state index in [4.69, 9.17) is 26.5 Å². The smallest absolute Gasteiger partial charge is 0.370 e. The summed E-state index contributed by atoms with van der Waals surface area (Å²) in [6.45, 7) is 3.78. The van der Waals surface area contributed by atoms with Crippen LogP contribution >= 0.6 is 20.0 Å². The lowest BCUT2D eigenvalue weighted by atomic mass is 10.0. The van der Waals surface area contributed by atoms with Crippen LogP contribution in [0, 0.1) is 0 Å². The minimum Gasteiger partial charge on any atom is -0.370 e. The van der Waals surface area contributed by atoms with Crippen molar-refractivity contribution >= 4 is 25.0 Å². The highest BCUT2D eigenvalue weighted by atomic mass is 32.1. The normalized spacial score (nSPS) is 14.3. The largest absolute Gasteiger partial charge is 0.469 e. The number of thiocarbonyl (C=S) groups is 1. The van der Waals surface area contributed by atoms with E-state index in [0.717, 1.165) is 24.8 Å². The van der Waals surface area contributed by atoms with Crippen molar-refractivity contribution in [3.05, 3.63) is 35.9 Å². The molecule has 3 N–H and O–H groups in total. The lowest BCUT2D eigenvalue weighted by molar-refractivity contribution is 0.121. The molecule has 0 spiro atoms. The zero-order valence-corrected chi connectivity index (χ0v) is 15.4. The van der Waals surface area contributed by atoms with E-state index in [0.29, 0.717) is 4.99 Å². The van der Waals surface area contributed by atoms with Crippen LogP contribution in [0.5, 0.6) is 0 Å². The average Bonchev–Trinajstić information content (AvgIpc) is 2.48. The Morgan fingerprint density at radius 3 is 2.48 bits per heavy atom. The third-order valence-corrected chi connectivity index (χ3v) is 4.43. The number of hydrogen-bond donors (Lipinski definition) is 3.